The molecule has 94 valence electrons. The van der Waals surface area contributed by atoms with Crippen LogP contribution < -0.4 is 5.32 Å². The monoisotopic (exact) mass is 371 g/mol. The first-order valence-corrected chi connectivity index (χ1v) is 6.96. The van der Waals surface area contributed by atoms with Crippen molar-refractivity contribution in [2.75, 3.05) is 0 Å². The van der Waals surface area contributed by atoms with Crippen molar-refractivity contribution in [1.29, 1.82) is 0 Å². The zero-order valence-corrected chi connectivity index (χ0v) is 12.8. The lowest BCUT2D eigenvalue weighted by molar-refractivity contribution is 0.0910. The average molecular weight is 373 g/mol. The lowest BCUT2D eigenvalue weighted by atomic mass is 10.1. The van der Waals surface area contributed by atoms with Crippen LogP contribution in [0.25, 0.3) is 0 Å². The smallest absolute Gasteiger partial charge is 0.287 e. The average Bonchev–Trinajstić information content (AvgIpc) is 2.76. The molecule has 1 N–H and O–H groups in total. The molecular formula is C13H11Br2NO2. The summed E-state index contributed by atoms with van der Waals surface area (Å²) in [5.41, 5.74) is 1.03. The number of rotatable bonds is 3. The summed E-state index contributed by atoms with van der Waals surface area (Å²) < 4.78 is 6.73. The summed E-state index contributed by atoms with van der Waals surface area (Å²) in [6, 6.07) is 11.1. The van der Waals surface area contributed by atoms with E-state index in [1.54, 1.807) is 12.1 Å². The molecule has 1 atom stereocenters. The molecule has 0 fully saturated rings. The Balaban J connectivity index is 2.07. The fourth-order valence-corrected chi connectivity index (χ4v) is 2.29. The maximum atomic E-state index is 11.9. The minimum atomic E-state index is -0.229. The molecule has 2 rings (SSSR count). The third kappa shape index (κ3) is 3.23. The normalized spacial score (nSPS) is 12.2. The van der Waals surface area contributed by atoms with Gasteiger partial charge in [0.15, 0.2) is 10.4 Å². The fraction of sp³-hybridized carbons (Fsp3) is 0.154. The van der Waals surface area contributed by atoms with E-state index in [1.807, 2.05) is 31.2 Å². The van der Waals surface area contributed by atoms with Crippen molar-refractivity contribution in [3.63, 3.8) is 0 Å². The molecule has 1 amide bonds. The molecule has 1 aromatic carbocycles. The second-order valence-electron chi connectivity index (χ2n) is 3.85. The first-order chi connectivity index (χ1) is 8.56. The van der Waals surface area contributed by atoms with Gasteiger partial charge in [0.1, 0.15) is 0 Å². The number of amides is 1. The Bertz CT molecular complexity index is 566. The molecule has 0 aliphatic rings. The molecule has 1 aromatic heterocycles. The molecule has 0 aliphatic heterocycles. The number of benzene rings is 1. The van der Waals surface area contributed by atoms with Crippen molar-refractivity contribution in [3.8, 4) is 0 Å². The van der Waals surface area contributed by atoms with Gasteiger partial charge in [-0.1, -0.05) is 28.1 Å². The zero-order valence-electron chi connectivity index (χ0n) is 9.61. The minimum Gasteiger partial charge on any atom is -0.444 e. The Labute approximate surface area is 122 Å². The van der Waals surface area contributed by atoms with Crippen LogP contribution in [0, 0.1) is 0 Å². The zero-order chi connectivity index (χ0) is 13.1. The maximum Gasteiger partial charge on any atom is 0.287 e. The van der Waals surface area contributed by atoms with Crippen LogP contribution in [0.4, 0.5) is 0 Å². The van der Waals surface area contributed by atoms with Crippen LogP contribution in [0.2, 0.25) is 0 Å². The molecule has 1 heterocycles. The van der Waals surface area contributed by atoms with E-state index < -0.39 is 0 Å². The molecule has 0 spiro atoms. The highest BCUT2D eigenvalue weighted by atomic mass is 79.9. The molecule has 3 nitrogen and oxygen atoms in total. The first kappa shape index (κ1) is 13.4. The van der Waals surface area contributed by atoms with E-state index in [1.165, 1.54) is 0 Å². The fourth-order valence-electron chi connectivity index (χ4n) is 1.56. The van der Waals surface area contributed by atoms with Gasteiger partial charge in [0.2, 0.25) is 0 Å². The molecule has 2 aromatic rings. The van der Waals surface area contributed by atoms with Gasteiger partial charge in [-0.25, -0.2) is 0 Å². The van der Waals surface area contributed by atoms with Crippen LogP contribution in [-0.2, 0) is 0 Å². The lowest BCUT2D eigenvalue weighted by Crippen LogP contribution is -2.26. The summed E-state index contributed by atoms with van der Waals surface area (Å²) >= 11 is 6.58. The van der Waals surface area contributed by atoms with E-state index in [4.69, 9.17) is 4.42 Å². The Kier molecular flexibility index (Phi) is 4.24. The predicted octanol–water partition coefficient (Wildman–Crippen LogP) is 4.30. The van der Waals surface area contributed by atoms with Gasteiger partial charge in [-0.15, -0.1) is 0 Å². The summed E-state index contributed by atoms with van der Waals surface area (Å²) in [5, 5.41) is 2.88. The highest BCUT2D eigenvalue weighted by Crippen LogP contribution is 2.19. The van der Waals surface area contributed by atoms with Crippen molar-refractivity contribution in [2.24, 2.45) is 0 Å². The van der Waals surface area contributed by atoms with E-state index >= 15 is 0 Å². The third-order valence-electron chi connectivity index (χ3n) is 2.49. The minimum absolute atomic E-state index is 0.0844. The lowest BCUT2D eigenvalue weighted by Gasteiger charge is -2.13. The Morgan fingerprint density at radius 3 is 2.67 bits per heavy atom. The molecule has 0 saturated heterocycles. The molecular weight excluding hydrogens is 362 g/mol. The van der Waals surface area contributed by atoms with E-state index in [0.717, 1.165) is 10.0 Å². The van der Waals surface area contributed by atoms with Gasteiger partial charge in [-0.2, -0.15) is 0 Å². The summed E-state index contributed by atoms with van der Waals surface area (Å²) in [4.78, 5) is 11.9. The Morgan fingerprint density at radius 1 is 1.28 bits per heavy atom. The van der Waals surface area contributed by atoms with Crippen LogP contribution in [0.5, 0.6) is 0 Å². The first-order valence-electron chi connectivity index (χ1n) is 5.38. The summed E-state index contributed by atoms with van der Waals surface area (Å²) in [6.07, 6.45) is 0. The number of furan rings is 1. The number of hydrogen-bond acceptors (Lipinski definition) is 2. The van der Waals surface area contributed by atoms with Crippen molar-refractivity contribution >= 4 is 37.8 Å². The van der Waals surface area contributed by atoms with Gasteiger partial charge in [-0.05, 0) is 52.7 Å². The van der Waals surface area contributed by atoms with Crippen molar-refractivity contribution in [3.05, 3.63) is 56.9 Å². The van der Waals surface area contributed by atoms with Crippen LogP contribution in [0.15, 0.2) is 50.0 Å². The second kappa shape index (κ2) is 5.71. The largest absolute Gasteiger partial charge is 0.444 e. The van der Waals surface area contributed by atoms with Gasteiger partial charge in [0.25, 0.3) is 5.91 Å². The Morgan fingerprint density at radius 2 is 2.06 bits per heavy atom. The Hall–Kier alpha value is -1.07. The standard InChI is InChI=1S/C13H11Br2NO2/c1-8(9-3-2-4-10(14)7-9)16-13(17)11-5-6-12(15)18-11/h2-8H,1H3,(H,16,17). The molecule has 0 bridgehead atoms. The highest BCUT2D eigenvalue weighted by Gasteiger charge is 2.14. The van der Waals surface area contributed by atoms with Crippen molar-refractivity contribution in [1.82, 2.24) is 5.32 Å². The van der Waals surface area contributed by atoms with E-state index in [2.05, 4.69) is 37.2 Å². The van der Waals surface area contributed by atoms with Gasteiger partial charge in [-0.3, -0.25) is 4.79 Å². The molecule has 0 saturated carbocycles. The summed E-state index contributed by atoms with van der Waals surface area (Å²) in [5.74, 6) is 0.0666. The number of halogens is 2. The van der Waals surface area contributed by atoms with Gasteiger partial charge < -0.3 is 9.73 Å². The number of carbonyl (C=O) groups is 1. The topological polar surface area (TPSA) is 42.2 Å². The SMILES string of the molecule is CC(NC(=O)c1ccc(Br)o1)c1cccc(Br)c1. The maximum absolute atomic E-state index is 11.9. The molecule has 18 heavy (non-hydrogen) atoms. The van der Waals surface area contributed by atoms with Crippen molar-refractivity contribution < 1.29 is 9.21 Å². The van der Waals surface area contributed by atoms with E-state index in [9.17, 15) is 4.79 Å². The number of carbonyl (C=O) groups excluding carboxylic acids is 1. The number of hydrogen-bond donors (Lipinski definition) is 1. The molecule has 0 aliphatic carbocycles. The molecule has 5 heteroatoms. The molecule has 0 radical (unpaired) electrons. The van der Waals surface area contributed by atoms with Crippen LogP contribution >= 0.6 is 31.9 Å². The predicted molar refractivity (Wildman–Crippen MR) is 76.4 cm³/mol. The van der Waals surface area contributed by atoms with Gasteiger partial charge >= 0.3 is 0 Å². The summed E-state index contributed by atoms with van der Waals surface area (Å²) in [6.45, 7) is 1.93. The van der Waals surface area contributed by atoms with Crippen LogP contribution in [0.3, 0.4) is 0 Å². The third-order valence-corrected chi connectivity index (χ3v) is 3.41. The quantitative estimate of drug-likeness (QED) is 0.872. The van der Waals surface area contributed by atoms with E-state index in [0.29, 0.717) is 10.4 Å². The number of nitrogens with one attached hydrogen (secondary N) is 1. The molecule has 1 unspecified atom stereocenters. The van der Waals surface area contributed by atoms with Crippen LogP contribution in [-0.4, -0.2) is 5.91 Å². The summed E-state index contributed by atoms with van der Waals surface area (Å²) in [7, 11) is 0. The van der Waals surface area contributed by atoms with Gasteiger partial charge in [0.05, 0.1) is 6.04 Å². The van der Waals surface area contributed by atoms with Gasteiger partial charge in [0, 0.05) is 4.47 Å². The second-order valence-corrected chi connectivity index (χ2v) is 5.55. The van der Waals surface area contributed by atoms with Crippen LogP contribution in [0.1, 0.15) is 29.1 Å². The van der Waals surface area contributed by atoms with E-state index in [-0.39, 0.29) is 11.9 Å². The van der Waals surface area contributed by atoms with Crippen molar-refractivity contribution in [2.45, 2.75) is 13.0 Å². The highest BCUT2D eigenvalue weighted by molar-refractivity contribution is 9.10.